The van der Waals surface area contributed by atoms with E-state index in [1.54, 1.807) is 44.6 Å². The number of nitrogens with two attached hydrogens (primary N) is 1. The summed E-state index contributed by atoms with van der Waals surface area (Å²) in [6, 6.07) is 12.0. The van der Waals surface area contributed by atoms with Crippen molar-refractivity contribution in [3.8, 4) is 17.2 Å². The largest absolute Gasteiger partial charge is 0.493 e. The molecule has 2 aromatic carbocycles. The highest BCUT2D eigenvalue weighted by Crippen LogP contribution is 2.30. The molecule has 0 amide bonds. The molecule has 0 unspecified atom stereocenters. The summed E-state index contributed by atoms with van der Waals surface area (Å²) in [4.78, 5) is 4.40. The summed E-state index contributed by atoms with van der Waals surface area (Å²) >= 11 is 5.85. The molecule has 3 N–H and O–H groups in total. The molecule has 136 valence electrons. The van der Waals surface area contributed by atoms with Crippen LogP contribution in [0.4, 0.5) is 0 Å². The van der Waals surface area contributed by atoms with Crippen LogP contribution in [0.5, 0.6) is 17.2 Å². The van der Waals surface area contributed by atoms with Crippen molar-refractivity contribution in [3.05, 3.63) is 64.7 Å². The lowest BCUT2D eigenvalue weighted by atomic mass is 10.1. The third-order valence-electron chi connectivity index (χ3n) is 3.78. The molecule has 0 saturated heterocycles. The van der Waals surface area contributed by atoms with Crippen molar-refractivity contribution in [1.29, 1.82) is 0 Å². The van der Waals surface area contributed by atoms with E-state index in [0.717, 1.165) is 5.56 Å². The molecule has 8 heteroatoms. The molecule has 0 spiro atoms. The number of methoxy groups -OCH3 is 2. The molecule has 0 aliphatic carbocycles. The molecule has 0 aliphatic rings. The smallest absolute Gasteiger partial charge is 0.172 e. The van der Waals surface area contributed by atoms with Crippen molar-refractivity contribution >= 4 is 11.6 Å². The van der Waals surface area contributed by atoms with Gasteiger partial charge in [-0.2, -0.15) is 5.10 Å². The number of hydrogen-bond acceptors (Lipinski definition) is 6. The second-order valence-corrected chi connectivity index (χ2v) is 5.91. The van der Waals surface area contributed by atoms with Gasteiger partial charge in [-0.25, -0.2) is 4.98 Å². The molecular formula is C18H19ClN4O3. The first-order valence-electron chi connectivity index (χ1n) is 7.87. The van der Waals surface area contributed by atoms with Gasteiger partial charge in [-0.3, -0.25) is 5.10 Å². The number of ether oxygens (including phenoxy) is 3. The summed E-state index contributed by atoms with van der Waals surface area (Å²) < 4.78 is 16.2. The minimum Gasteiger partial charge on any atom is -0.493 e. The number of rotatable bonds is 7. The Morgan fingerprint density at radius 3 is 2.50 bits per heavy atom. The van der Waals surface area contributed by atoms with Crippen molar-refractivity contribution < 1.29 is 14.2 Å². The number of aromatic nitrogens is 3. The summed E-state index contributed by atoms with van der Waals surface area (Å²) in [7, 11) is 3.16. The van der Waals surface area contributed by atoms with Gasteiger partial charge in [0, 0.05) is 5.02 Å². The average molecular weight is 375 g/mol. The van der Waals surface area contributed by atoms with Crippen molar-refractivity contribution in [3.63, 3.8) is 0 Å². The second-order valence-electron chi connectivity index (χ2n) is 5.47. The van der Waals surface area contributed by atoms with Crippen LogP contribution in [0.25, 0.3) is 0 Å². The van der Waals surface area contributed by atoms with Crippen LogP contribution in [-0.2, 0) is 6.61 Å². The molecule has 0 fully saturated rings. The number of nitrogens with zero attached hydrogens (tertiary/aromatic N) is 2. The minimum absolute atomic E-state index is 0.243. The molecule has 0 radical (unpaired) electrons. The first-order chi connectivity index (χ1) is 12.6. The van der Waals surface area contributed by atoms with Crippen LogP contribution in [-0.4, -0.2) is 29.4 Å². The molecule has 7 nitrogen and oxygen atoms in total. The Hall–Kier alpha value is -2.77. The first-order valence-corrected chi connectivity index (χ1v) is 8.25. The Labute approximate surface area is 156 Å². The van der Waals surface area contributed by atoms with E-state index in [4.69, 9.17) is 31.5 Å². The zero-order valence-corrected chi connectivity index (χ0v) is 15.2. The number of nitrogens with one attached hydrogen (secondary N) is 1. The fraction of sp³-hybridized carbons (Fsp3) is 0.222. The van der Waals surface area contributed by atoms with E-state index in [1.165, 1.54) is 0 Å². The van der Waals surface area contributed by atoms with E-state index in [9.17, 15) is 0 Å². The Bertz CT molecular complexity index is 867. The number of H-pyrrole nitrogens is 1. The second kappa shape index (κ2) is 8.07. The van der Waals surface area contributed by atoms with E-state index in [-0.39, 0.29) is 6.61 Å². The third-order valence-corrected chi connectivity index (χ3v) is 4.04. The van der Waals surface area contributed by atoms with E-state index >= 15 is 0 Å². The molecule has 26 heavy (non-hydrogen) atoms. The highest BCUT2D eigenvalue weighted by molar-refractivity contribution is 6.30. The van der Waals surface area contributed by atoms with Crippen molar-refractivity contribution in [2.45, 2.75) is 12.6 Å². The lowest BCUT2D eigenvalue weighted by Gasteiger charge is -2.12. The Morgan fingerprint density at radius 2 is 1.81 bits per heavy atom. The highest BCUT2D eigenvalue weighted by Gasteiger charge is 2.17. The van der Waals surface area contributed by atoms with E-state index < -0.39 is 6.04 Å². The van der Waals surface area contributed by atoms with Crippen LogP contribution in [0.15, 0.2) is 42.5 Å². The lowest BCUT2D eigenvalue weighted by Crippen LogP contribution is -2.14. The third kappa shape index (κ3) is 4.07. The quantitative estimate of drug-likeness (QED) is 0.659. The maximum atomic E-state index is 6.27. The maximum Gasteiger partial charge on any atom is 0.172 e. The highest BCUT2D eigenvalue weighted by atomic mass is 35.5. The molecule has 1 heterocycles. The molecular weight excluding hydrogens is 356 g/mol. The van der Waals surface area contributed by atoms with Crippen LogP contribution in [0, 0.1) is 0 Å². The van der Waals surface area contributed by atoms with E-state index in [0.29, 0.717) is 33.9 Å². The summed E-state index contributed by atoms with van der Waals surface area (Å²) in [5, 5.41) is 7.68. The number of aromatic amines is 1. The Morgan fingerprint density at radius 1 is 1.08 bits per heavy atom. The molecule has 0 bridgehead atoms. The van der Waals surface area contributed by atoms with Crippen molar-refractivity contribution in [2.24, 2.45) is 5.73 Å². The van der Waals surface area contributed by atoms with Gasteiger partial charge < -0.3 is 19.9 Å². The van der Waals surface area contributed by atoms with Crippen molar-refractivity contribution in [1.82, 2.24) is 15.2 Å². The van der Waals surface area contributed by atoms with Gasteiger partial charge in [-0.1, -0.05) is 17.7 Å². The van der Waals surface area contributed by atoms with E-state index in [1.807, 2.05) is 12.1 Å². The van der Waals surface area contributed by atoms with Crippen LogP contribution < -0.4 is 19.9 Å². The summed E-state index contributed by atoms with van der Waals surface area (Å²) in [5.74, 6) is 2.96. The summed E-state index contributed by atoms with van der Waals surface area (Å²) in [6.07, 6.45) is 0. The fourth-order valence-corrected chi connectivity index (χ4v) is 2.52. The Kier molecular flexibility index (Phi) is 5.60. The van der Waals surface area contributed by atoms with E-state index in [2.05, 4.69) is 15.2 Å². The molecule has 0 aliphatic heterocycles. The molecule has 3 rings (SSSR count). The predicted octanol–water partition coefficient (Wildman–Crippen LogP) is 3.10. The molecule has 1 aromatic heterocycles. The van der Waals surface area contributed by atoms with Gasteiger partial charge in [0.1, 0.15) is 12.4 Å². The number of halogens is 1. The first kappa shape index (κ1) is 18.0. The average Bonchev–Trinajstić information content (AvgIpc) is 3.15. The molecule has 1 atom stereocenters. The zero-order valence-electron chi connectivity index (χ0n) is 14.4. The van der Waals surface area contributed by atoms with Gasteiger partial charge in [-0.15, -0.1) is 0 Å². The van der Waals surface area contributed by atoms with Crippen LogP contribution >= 0.6 is 11.6 Å². The standard InChI is InChI=1S/C18H19ClN4O3/c1-24-14-8-3-11(9-15(14)25-2)17(20)18-21-16(22-23-18)10-26-13-6-4-12(19)5-7-13/h3-9,17H,10,20H2,1-2H3,(H,21,22,23)/t17-/m0/s1. The topological polar surface area (TPSA) is 95.3 Å². The summed E-state index contributed by atoms with van der Waals surface area (Å²) in [5.41, 5.74) is 7.08. The summed E-state index contributed by atoms with van der Waals surface area (Å²) in [6.45, 7) is 0.243. The van der Waals surface area contributed by atoms with Gasteiger partial charge in [0.2, 0.25) is 0 Å². The van der Waals surface area contributed by atoms with Crippen LogP contribution in [0.3, 0.4) is 0 Å². The molecule has 3 aromatic rings. The van der Waals surface area contributed by atoms with Gasteiger partial charge >= 0.3 is 0 Å². The maximum absolute atomic E-state index is 6.27. The Balaban J connectivity index is 1.69. The predicted molar refractivity (Wildman–Crippen MR) is 97.7 cm³/mol. The van der Waals surface area contributed by atoms with Gasteiger partial charge in [0.05, 0.1) is 20.3 Å². The van der Waals surface area contributed by atoms with Gasteiger partial charge in [0.15, 0.2) is 23.1 Å². The van der Waals surface area contributed by atoms with Crippen molar-refractivity contribution in [2.75, 3.05) is 14.2 Å². The van der Waals surface area contributed by atoms with Crippen LogP contribution in [0.1, 0.15) is 23.3 Å². The molecule has 0 saturated carbocycles. The monoisotopic (exact) mass is 374 g/mol. The number of benzene rings is 2. The van der Waals surface area contributed by atoms with Gasteiger partial charge in [-0.05, 0) is 42.0 Å². The normalized spacial score (nSPS) is 11.8. The SMILES string of the molecule is COc1ccc([C@H](N)c2n[nH]c(COc3ccc(Cl)cc3)n2)cc1OC. The van der Waals surface area contributed by atoms with Gasteiger partial charge in [0.25, 0.3) is 0 Å². The fourth-order valence-electron chi connectivity index (χ4n) is 2.39. The number of hydrogen-bond donors (Lipinski definition) is 2. The minimum atomic E-state index is -0.504. The zero-order chi connectivity index (χ0) is 18.5. The van der Waals surface area contributed by atoms with Crippen LogP contribution in [0.2, 0.25) is 5.02 Å². The lowest BCUT2D eigenvalue weighted by molar-refractivity contribution is 0.296.